The Kier molecular flexibility index (Phi) is 6.54. The van der Waals surface area contributed by atoms with Crippen LogP contribution in [-0.4, -0.2) is 30.6 Å². The summed E-state index contributed by atoms with van der Waals surface area (Å²) in [5.41, 5.74) is 3.60. The highest BCUT2D eigenvalue weighted by Crippen LogP contribution is 2.44. The van der Waals surface area contributed by atoms with E-state index >= 15 is 0 Å². The second-order valence-corrected chi connectivity index (χ2v) is 7.71. The monoisotopic (exact) mass is 411 g/mol. The van der Waals surface area contributed by atoms with Crippen LogP contribution in [0.3, 0.4) is 0 Å². The van der Waals surface area contributed by atoms with Gasteiger partial charge in [0.05, 0.1) is 30.8 Å². The van der Waals surface area contributed by atoms with Crippen molar-refractivity contribution in [3.05, 3.63) is 80.8 Å². The van der Waals surface area contributed by atoms with Gasteiger partial charge in [0.15, 0.2) is 0 Å². The maximum Gasteiger partial charge on any atom is 0.336 e. The molecule has 0 bridgehead atoms. The SMILES string of the molecule is CCOC(=O)C1=C(C)N(Cc2ccccc2)C(C)=C(C(=O)OC)C1c1cccs1. The van der Waals surface area contributed by atoms with E-state index in [2.05, 4.69) is 0 Å². The summed E-state index contributed by atoms with van der Waals surface area (Å²) in [6.07, 6.45) is 0. The van der Waals surface area contributed by atoms with Crippen molar-refractivity contribution >= 4 is 23.3 Å². The molecule has 6 heteroatoms. The summed E-state index contributed by atoms with van der Waals surface area (Å²) in [5.74, 6) is -1.35. The molecule has 1 aliphatic rings. The number of nitrogens with zero attached hydrogens (tertiary/aromatic N) is 1. The zero-order valence-corrected chi connectivity index (χ0v) is 17.9. The fourth-order valence-corrected chi connectivity index (χ4v) is 4.54. The minimum absolute atomic E-state index is 0.266. The summed E-state index contributed by atoms with van der Waals surface area (Å²) in [6.45, 7) is 6.40. The van der Waals surface area contributed by atoms with Crippen LogP contribution in [0.25, 0.3) is 0 Å². The summed E-state index contributed by atoms with van der Waals surface area (Å²) in [5, 5.41) is 1.94. The lowest BCUT2D eigenvalue weighted by Gasteiger charge is -2.37. The molecular formula is C23H25NO4S. The topological polar surface area (TPSA) is 55.8 Å². The predicted molar refractivity (Wildman–Crippen MR) is 113 cm³/mol. The zero-order chi connectivity index (χ0) is 21.0. The van der Waals surface area contributed by atoms with E-state index in [1.807, 2.05) is 66.6 Å². The van der Waals surface area contributed by atoms with Gasteiger partial charge >= 0.3 is 11.9 Å². The van der Waals surface area contributed by atoms with E-state index in [1.165, 1.54) is 18.4 Å². The van der Waals surface area contributed by atoms with Crippen LogP contribution in [0.5, 0.6) is 0 Å². The van der Waals surface area contributed by atoms with E-state index in [9.17, 15) is 9.59 Å². The van der Waals surface area contributed by atoms with Crippen LogP contribution in [0.4, 0.5) is 0 Å². The maximum absolute atomic E-state index is 13.0. The van der Waals surface area contributed by atoms with Gasteiger partial charge in [0, 0.05) is 22.8 Å². The third-order valence-corrected chi connectivity index (χ3v) is 6.02. The fraction of sp³-hybridized carbons (Fsp3) is 0.304. The molecule has 0 fully saturated rings. The van der Waals surface area contributed by atoms with Gasteiger partial charge in [-0.3, -0.25) is 0 Å². The van der Waals surface area contributed by atoms with E-state index in [1.54, 1.807) is 6.92 Å². The molecule has 1 atom stereocenters. The van der Waals surface area contributed by atoms with Crippen molar-refractivity contribution in [1.29, 1.82) is 0 Å². The lowest BCUT2D eigenvalue weighted by atomic mass is 9.83. The Balaban J connectivity index is 2.19. The van der Waals surface area contributed by atoms with E-state index in [0.717, 1.165) is 21.8 Å². The van der Waals surface area contributed by atoms with Gasteiger partial charge < -0.3 is 14.4 Å². The average Bonchev–Trinajstić information content (AvgIpc) is 3.25. The number of methoxy groups -OCH3 is 1. The molecule has 0 saturated carbocycles. The van der Waals surface area contributed by atoms with Crippen molar-refractivity contribution in [2.75, 3.05) is 13.7 Å². The van der Waals surface area contributed by atoms with Gasteiger partial charge in [-0.1, -0.05) is 36.4 Å². The molecule has 1 aliphatic heterocycles. The highest BCUT2D eigenvalue weighted by Gasteiger charge is 2.40. The van der Waals surface area contributed by atoms with E-state index in [0.29, 0.717) is 17.7 Å². The van der Waals surface area contributed by atoms with Crippen LogP contribution in [0.2, 0.25) is 0 Å². The van der Waals surface area contributed by atoms with Crippen molar-refractivity contribution in [2.24, 2.45) is 0 Å². The largest absolute Gasteiger partial charge is 0.466 e. The zero-order valence-electron chi connectivity index (χ0n) is 17.1. The lowest BCUT2D eigenvalue weighted by molar-refractivity contribution is -0.139. The first kappa shape index (κ1) is 20.9. The van der Waals surface area contributed by atoms with Crippen LogP contribution in [0.1, 0.15) is 37.1 Å². The quantitative estimate of drug-likeness (QED) is 0.649. The van der Waals surface area contributed by atoms with Gasteiger partial charge in [-0.25, -0.2) is 9.59 Å². The smallest absolute Gasteiger partial charge is 0.336 e. The molecule has 0 spiro atoms. The summed E-state index contributed by atoms with van der Waals surface area (Å²) < 4.78 is 10.5. The molecule has 0 amide bonds. The summed E-state index contributed by atoms with van der Waals surface area (Å²) in [7, 11) is 1.37. The molecule has 1 unspecified atom stereocenters. The molecule has 1 aromatic heterocycles. The molecule has 0 N–H and O–H groups in total. The van der Waals surface area contributed by atoms with Crippen LogP contribution in [-0.2, 0) is 25.6 Å². The lowest BCUT2D eigenvalue weighted by Crippen LogP contribution is -2.34. The van der Waals surface area contributed by atoms with Gasteiger partial charge in [0.25, 0.3) is 0 Å². The minimum atomic E-state index is -0.506. The maximum atomic E-state index is 13.0. The molecule has 0 radical (unpaired) electrons. The van der Waals surface area contributed by atoms with Crippen LogP contribution < -0.4 is 0 Å². The molecule has 0 aliphatic carbocycles. The third kappa shape index (κ3) is 4.12. The van der Waals surface area contributed by atoms with Crippen molar-refractivity contribution in [3.63, 3.8) is 0 Å². The first-order valence-corrected chi connectivity index (χ1v) is 10.4. The standard InChI is InChI=1S/C23H25NO4S/c1-5-28-23(26)20-16(3)24(14-17-10-7-6-8-11-17)15(2)19(22(25)27-4)21(20)18-12-9-13-29-18/h6-13,21H,5,14H2,1-4H3. The number of thiophene rings is 1. The Morgan fingerprint density at radius 3 is 2.21 bits per heavy atom. The highest BCUT2D eigenvalue weighted by molar-refractivity contribution is 7.10. The Morgan fingerprint density at radius 1 is 1.00 bits per heavy atom. The van der Waals surface area contributed by atoms with Crippen molar-refractivity contribution in [1.82, 2.24) is 4.90 Å². The summed E-state index contributed by atoms with van der Waals surface area (Å²) >= 11 is 1.51. The minimum Gasteiger partial charge on any atom is -0.466 e. The Morgan fingerprint density at radius 2 is 1.66 bits per heavy atom. The van der Waals surface area contributed by atoms with Crippen molar-refractivity contribution < 1.29 is 19.1 Å². The van der Waals surface area contributed by atoms with Gasteiger partial charge in [-0.2, -0.15) is 0 Å². The van der Waals surface area contributed by atoms with Crippen LogP contribution >= 0.6 is 11.3 Å². The molecule has 152 valence electrons. The number of carbonyl (C=O) groups is 2. The number of hydrogen-bond donors (Lipinski definition) is 0. The van der Waals surface area contributed by atoms with Crippen molar-refractivity contribution in [2.45, 2.75) is 33.2 Å². The van der Waals surface area contributed by atoms with Crippen molar-refractivity contribution in [3.8, 4) is 0 Å². The van der Waals surface area contributed by atoms with Crippen LogP contribution in [0, 0.1) is 0 Å². The van der Waals surface area contributed by atoms with Gasteiger partial charge in [-0.15, -0.1) is 11.3 Å². The number of hydrogen-bond acceptors (Lipinski definition) is 6. The predicted octanol–water partition coefficient (Wildman–Crippen LogP) is 4.63. The van der Waals surface area contributed by atoms with E-state index in [4.69, 9.17) is 9.47 Å². The number of rotatable bonds is 6. The normalized spacial score (nSPS) is 16.8. The van der Waals surface area contributed by atoms with Gasteiger partial charge in [0.2, 0.25) is 0 Å². The Bertz CT molecular complexity index is 945. The second kappa shape index (κ2) is 9.09. The summed E-state index contributed by atoms with van der Waals surface area (Å²) in [6, 6.07) is 13.8. The molecule has 2 aromatic rings. The molecule has 1 aromatic carbocycles. The van der Waals surface area contributed by atoms with Crippen LogP contribution in [0.15, 0.2) is 70.4 Å². The van der Waals surface area contributed by atoms with E-state index < -0.39 is 17.9 Å². The number of allylic oxidation sites excluding steroid dienone is 2. The number of esters is 2. The average molecular weight is 412 g/mol. The number of ether oxygens (including phenoxy) is 2. The molecule has 3 rings (SSSR count). The molecule has 2 heterocycles. The molecule has 0 saturated heterocycles. The number of carbonyl (C=O) groups excluding carboxylic acids is 2. The summed E-state index contributed by atoms with van der Waals surface area (Å²) in [4.78, 5) is 28.7. The molecule has 29 heavy (non-hydrogen) atoms. The van der Waals surface area contributed by atoms with Gasteiger partial charge in [0.1, 0.15) is 0 Å². The second-order valence-electron chi connectivity index (χ2n) is 6.73. The first-order chi connectivity index (χ1) is 14.0. The highest BCUT2D eigenvalue weighted by atomic mass is 32.1. The third-order valence-electron chi connectivity index (χ3n) is 5.08. The number of benzene rings is 1. The molecule has 5 nitrogen and oxygen atoms in total. The Hall–Kier alpha value is -2.86. The molecular weight excluding hydrogens is 386 g/mol. The van der Waals surface area contributed by atoms with Gasteiger partial charge in [-0.05, 0) is 37.8 Å². The van der Waals surface area contributed by atoms with E-state index in [-0.39, 0.29) is 6.61 Å². The first-order valence-electron chi connectivity index (χ1n) is 9.51. The fourth-order valence-electron chi connectivity index (χ4n) is 3.70. The Labute approximate surface area is 175 Å².